The molecule has 0 unspecified atom stereocenters. The predicted molar refractivity (Wildman–Crippen MR) is 464 cm³/mol. The SMILES string of the molecule is CC[Si](CC)(CC)O[C@H]1[C@@H](C)CCC[C@H](O)[C@@H](N=[N+]=[N-])C[C@@H](/C(C)=C/c2csc(C)n2)OC(=O)C[C@H](O[Si](CC)(CC)CC)C(C)(C)C(=O)[C@@H]1C.CC[Si](CC)(CC)O[C@H]1[C@@H](C)CCC[C@H](OC(=O)c2ccc([N+](=O)[O-])cc2)[C@@H](N=[N+]=[N-])C[C@@H](/C(C)=C/c2csc(C)n2)OC(=O)C[C@H](O[Si](CC)(CC)CC)C(C)(C)C(=O)[C@@H]1C. The molecule has 2 aliphatic heterocycles. The minimum Gasteiger partial charge on any atom is -0.458 e. The number of rotatable bonds is 29. The zero-order chi connectivity index (χ0) is 85.0. The number of Topliss-reactive ketones (excluding diaryl/α,β-unsaturated/α-hetero) is 2. The van der Waals surface area contributed by atoms with Gasteiger partial charge < -0.3 is 37.0 Å². The molecule has 5 rings (SSSR count). The van der Waals surface area contributed by atoms with Gasteiger partial charge in [-0.2, -0.15) is 0 Å². The lowest BCUT2D eigenvalue weighted by molar-refractivity contribution is -0.384. The minimum atomic E-state index is -2.39. The van der Waals surface area contributed by atoms with Crippen molar-refractivity contribution < 1.29 is 65.9 Å². The number of aliphatic hydroxyl groups excluding tert-OH is 1. The van der Waals surface area contributed by atoms with Gasteiger partial charge >= 0.3 is 17.9 Å². The van der Waals surface area contributed by atoms with Crippen LogP contribution in [-0.4, -0.2) is 144 Å². The molecule has 24 nitrogen and oxygen atoms in total. The van der Waals surface area contributed by atoms with E-state index in [-0.39, 0.29) is 72.9 Å². The monoisotopic (exact) mass is 1680 g/mol. The Morgan fingerprint density at radius 1 is 0.584 bits per heavy atom. The fourth-order valence-electron chi connectivity index (χ4n) is 16.4. The summed E-state index contributed by atoms with van der Waals surface area (Å²) in [5.41, 5.74) is 20.1. The molecule has 2 saturated heterocycles. The van der Waals surface area contributed by atoms with Crippen molar-refractivity contribution in [3.8, 4) is 0 Å². The average molecular weight is 1680 g/mol. The molecule has 1 N–H and O–H groups in total. The summed E-state index contributed by atoms with van der Waals surface area (Å²) < 4.78 is 47.4. The van der Waals surface area contributed by atoms with Gasteiger partial charge in [-0.25, -0.2) is 14.8 Å². The highest BCUT2D eigenvalue weighted by Crippen LogP contribution is 2.44. The third-order valence-electron chi connectivity index (χ3n) is 25.5. The van der Waals surface area contributed by atoms with Crippen molar-refractivity contribution in [2.75, 3.05) is 0 Å². The first-order chi connectivity index (χ1) is 53.3. The standard InChI is InChI=1S/C45H71N5O9SSi2.C38H68N4O6SSi2/c1-13-61(14-2,15-3)58-40-28-41(51)56-39(31(8)26-35-29-60-33(10)47-35)27-37(48-49-46)38(57-44(53)34-22-24-36(25-23-34)50(54)55)21-19-20-30(7)42(32(9)43(52)45(40,11)12)59-62(16-4,17-5)18-6;1-13-50(14-2,15-3)47-34-24-35(44)46-33(27(8)22-30-25-49-29(10)40-30)23-31(41-42-39)32(43)21-19-20-26(7)36(28(9)37(45)38(34,11)12)48-51(16-4,17-5)18-6/h22-26,29-30,32,37-40,42H,13-21,27-28H2,1-12H3;22,25-26,28,31-34,36,43H,13-21,23-24H2,1-12H3/b31-26+;27-22+/t30-,32+,37-,38-,39-,40-,42-;26-,28+,31-,32-,33-,34-,36-/m00/s1. The number of ketones is 2. The molecule has 30 heteroatoms. The third-order valence-corrected chi connectivity index (χ3v) is 45.6. The van der Waals surface area contributed by atoms with Crippen LogP contribution in [0.5, 0.6) is 0 Å². The van der Waals surface area contributed by atoms with Crippen molar-refractivity contribution >= 4 is 103 Å². The van der Waals surface area contributed by atoms with Crippen molar-refractivity contribution in [2.24, 2.45) is 44.7 Å². The van der Waals surface area contributed by atoms with Crippen LogP contribution in [0, 0.1) is 58.5 Å². The van der Waals surface area contributed by atoms with Crippen LogP contribution in [-0.2, 0) is 51.1 Å². The number of hydrogen-bond donors (Lipinski definition) is 1. The third kappa shape index (κ3) is 27.8. The Balaban J connectivity index is 0.000000486. The molecule has 2 aliphatic rings. The molecular formula is C83H139N9O15S2Si4. The molecule has 0 saturated carbocycles. The smallest absolute Gasteiger partial charge is 0.338 e. The molecule has 3 aromatic rings. The van der Waals surface area contributed by atoms with Gasteiger partial charge in [-0.05, 0) is 197 Å². The van der Waals surface area contributed by atoms with E-state index in [9.17, 15) is 45.5 Å². The van der Waals surface area contributed by atoms with Gasteiger partial charge in [0.05, 0.1) is 87.3 Å². The number of carbonyl (C=O) groups is 5. The molecule has 2 fully saturated rings. The van der Waals surface area contributed by atoms with Gasteiger partial charge in [-0.3, -0.25) is 29.3 Å². The van der Waals surface area contributed by atoms with Crippen LogP contribution in [0.4, 0.5) is 5.69 Å². The summed E-state index contributed by atoms with van der Waals surface area (Å²) in [4.78, 5) is 98.6. The van der Waals surface area contributed by atoms with E-state index in [1.165, 1.54) is 46.9 Å². The number of cyclic esters (lactones) is 2. The van der Waals surface area contributed by atoms with E-state index in [0.29, 0.717) is 37.0 Å². The van der Waals surface area contributed by atoms with E-state index in [1.807, 2.05) is 92.1 Å². The molecule has 0 bridgehead atoms. The highest BCUT2D eigenvalue weighted by atomic mass is 32.1. The Hall–Kier alpha value is -5.60. The van der Waals surface area contributed by atoms with Crippen LogP contribution in [0.3, 0.4) is 0 Å². The number of non-ortho nitro benzene ring substituents is 1. The van der Waals surface area contributed by atoms with Crippen molar-refractivity contribution in [3.05, 3.63) is 104 Å². The first kappa shape index (κ1) is 99.8. The first-order valence-electron chi connectivity index (χ1n) is 41.9. The number of aromatic nitrogens is 2. The summed E-state index contributed by atoms with van der Waals surface area (Å²) >= 11 is 3.01. The number of esters is 3. The number of thiazole rings is 2. The fourth-order valence-corrected chi connectivity index (χ4v) is 29.5. The first-order valence-corrected chi connectivity index (χ1v) is 53.8. The summed E-state index contributed by atoms with van der Waals surface area (Å²) in [6.07, 6.45) is 0.802. The number of aryl methyl sites for hydroxylation is 2. The topological polar surface area (TPSA) is 337 Å². The lowest BCUT2D eigenvalue weighted by atomic mass is 9.73. The van der Waals surface area contributed by atoms with Gasteiger partial charge in [0.25, 0.3) is 5.69 Å². The number of aliphatic hydroxyl groups is 1. The van der Waals surface area contributed by atoms with Crippen molar-refractivity contribution in [1.82, 2.24) is 9.97 Å². The molecule has 4 heterocycles. The lowest BCUT2D eigenvalue weighted by Crippen LogP contribution is -2.53. The van der Waals surface area contributed by atoms with Gasteiger partial charge in [-0.15, -0.1) is 22.7 Å². The van der Waals surface area contributed by atoms with E-state index >= 15 is 4.79 Å². The van der Waals surface area contributed by atoms with Gasteiger partial charge in [0.2, 0.25) is 0 Å². The van der Waals surface area contributed by atoms with Crippen molar-refractivity contribution in [2.45, 2.75) is 364 Å². The van der Waals surface area contributed by atoms with E-state index < -0.39 is 134 Å². The van der Waals surface area contributed by atoms with Crippen LogP contribution in [0.2, 0.25) is 72.5 Å². The molecule has 0 radical (unpaired) electrons. The lowest BCUT2D eigenvalue weighted by Gasteiger charge is -2.44. The van der Waals surface area contributed by atoms with Gasteiger partial charge in [-0.1, -0.05) is 155 Å². The second kappa shape index (κ2) is 46.5. The Labute approximate surface area is 687 Å². The number of ether oxygens (including phenoxy) is 3. The molecule has 2 aromatic heterocycles. The second-order valence-corrected chi connectivity index (χ2v) is 54.0. The molecule has 0 spiro atoms. The molecule has 1 aromatic carbocycles. The van der Waals surface area contributed by atoms with Crippen molar-refractivity contribution in [3.63, 3.8) is 0 Å². The zero-order valence-electron chi connectivity index (χ0n) is 72.8. The molecular weight excluding hydrogens is 1540 g/mol. The highest BCUT2D eigenvalue weighted by Gasteiger charge is 2.51. The molecule has 634 valence electrons. The fraction of sp³-hybridized carbons (Fsp3) is 0.747. The maximum absolute atomic E-state index is 15.2. The van der Waals surface area contributed by atoms with Crippen LogP contribution in [0.15, 0.2) is 56.4 Å². The molecule has 14 atom stereocenters. The Morgan fingerprint density at radius 2 is 0.929 bits per heavy atom. The van der Waals surface area contributed by atoms with Crippen LogP contribution < -0.4 is 0 Å². The normalized spacial score (nSPS) is 26.2. The van der Waals surface area contributed by atoms with Crippen LogP contribution in [0.1, 0.15) is 248 Å². The van der Waals surface area contributed by atoms with E-state index in [2.05, 4.69) is 127 Å². The van der Waals surface area contributed by atoms with Gasteiger partial charge in [0, 0.05) is 61.8 Å². The molecule has 0 amide bonds. The second-order valence-electron chi connectivity index (χ2n) is 33.0. The Bertz CT molecular complexity index is 3660. The molecule has 113 heavy (non-hydrogen) atoms. The summed E-state index contributed by atoms with van der Waals surface area (Å²) in [6.45, 7) is 49.2. The number of azide groups is 2. The van der Waals surface area contributed by atoms with E-state index in [1.54, 1.807) is 0 Å². The summed E-state index contributed by atoms with van der Waals surface area (Å²) in [5, 5.41) is 36.5. The van der Waals surface area contributed by atoms with Crippen LogP contribution >= 0.6 is 22.7 Å². The number of carbonyl (C=O) groups excluding carboxylic acids is 5. The molecule has 0 aliphatic carbocycles. The number of nitro groups is 1. The van der Waals surface area contributed by atoms with Gasteiger partial charge in [0.1, 0.15) is 29.9 Å². The van der Waals surface area contributed by atoms with Gasteiger partial charge in [0.15, 0.2) is 33.3 Å². The largest absolute Gasteiger partial charge is 0.458 e. The highest BCUT2D eigenvalue weighted by molar-refractivity contribution is 7.10. The summed E-state index contributed by atoms with van der Waals surface area (Å²) in [7, 11) is -9.05. The van der Waals surface area contributed by atoms with E-state index in [0.717, 1.165) is 100 Å². The number of nitro benzene ring substituents is 1. The average Bonchev–Trinajstić information content (AvgIpc) is 1.68. The quantitative estimate of drug-likeness (QED) is 0.00986. The van der Waals surface area contributed by atoms with Crippen molar-refractivity contribution in [1.29, 1.82) is 0 Å². The zero-order valence-corrected chi connectivity index (χ0v) is 78.4. The summed E-state index contributed by atoms with van der Waals surface area (Å²) in [5.74, 6) is -2.86. The Morgan fingerprint density at radius 3 is 1.27 bits per heavy atom. The Kier molecular flexibility index (Phi) is 41.1. The van der Waals surface area contributed by atoms with E-state index in [4.69, 9.17) is 31.9 Å². The minimum absolute atomic E-state index is 0.0264. The summed E-state index contributed by atoms with van der Waals surface area (Å²) in [6, 6.07) is 14.0. The maximum atomic E-state index is 15.2. The number of hydrogen-bond acceptors (Lipinski definition) is 21. The maximum Gasteiger partial charge on any atom is 0.338 e. The number of nitrogens with zero attached hydrogens (tertiary/aromatic N) is 9. The predicted octanol–water partition coefficient (Wildman–Crippen LogP) is 22.6. The number of benzene rings is 1. The van der Waals surface area contributed by atoms with Crippen LogP contribution in [0.25, 0.3) is 33.0 Å².